The van der Waals surface area contributed by atoms with Gasteiger partial charge in [0.2, 0.25) is 5.91 Å². The summed E-state index contributed by atoms with van der Waals surface area (Å²) in [4.78, 5) is 16.8. The van der Waals surface area contributed by atoms with Crippen molar-refractivity contribution in [3.05, 3.63) is 34.9 Å². The highest BCUT2D eigenvalue weighted by Gasteiger charge is 2.27. The smallest absolute Gasteiger partial charge is 0.222 e. The molecule has 1 amide bonds. The zero-order valence-electron chi connectivity index (χ0n) is 13.5. The summed E-state index contributed by atoms with van der Waals surface area (Å²) in [6.07, 6.45) is 2.63. The molecule has 126 valence electrons. The highest BCUT2D eigenvalue weighted by atomic mass is 35.5. The van der Waals surface area contributed by atoms with Crippen molar-refractivity contribution in [3.63, 3.8) is 0 Å². The summed E-state index contributed by atoms with van der Waals surface area (Å²) >= 11 is 6.07. The molecule has 3 rings (SSSR count). The molecule has 0 bridgehead atoms. The summed E-state index contributed by atoms with van der Waals surface area (Å²) in [6, 6.07) is 8.03. The number of hydrogen-bond acceptors (Lipinski definition) is 3. The van der Waals surface area contributed by atoms with Gasteiger partial charge >= 0.3 is 0 Å². The first-order valence-corrected chi connectivity index (χ1v) is 8.93. The van der Waals surface area contributed by atoms with Gasteiger partial charge in [0, 0.05) is 43.5 Å². The predicted molar refractivity (Wildman–Crippen MR) is 91.9 cm³/mol. The highest BCUT2D eigenvalue weighted by molar-refractivity contribution is 6.30. The lowest BCUT2D eigenvalue weighted by atomic mass is 9.99. The molecule has 1 atom stereocenters. The molecule has 0 saturated carbocycles. The molecule has 4 nitrogen and oxygen atoms in total. The van der Waals surface area contributed by atoms with Gasteiger partial charge in [0.25, 0.3) is 0 Å². The molecule has 5 heteroatoms. The van der Waals surface area contributed by atoms with Crippen LogP contribution < -0.4 is 0 Å². The van der Waals surface area contributed by atoms with Gasteiger partial charge in [0.05, 0.1) is 13.2 Å². The first-order chi connectivity index (χ1) is 11.2. The Kier molecular flexibility index (Phi) is 5.92. The Balaban J connectivity index is 1.42. The lowest BCUT2D eigenvalue weighted by Crippen LogP contribution is -2.37. The van der Waals surface area contributed by atoms with Crippen molar-refractivity contribution in [2.75, 3.05) is 45.9 Å². The zero-order valence-corrected chi connectivity index (χ0v) is 14.3. The van der Waals surface area contributed by atoms with E-state index >= 15 is 0 Å². The van der Waals surface area contributed by atoms with Gasteiger partial charge in [-0.05, 0) is 37.1 Å². The van der Waals surface area contributed by atoms with Gasteiger partial charge in [-0.1, -0.05) is 23.7 Å². The number of ether oxygens (including phenoxy) is 1. The predicted octanol–water partition coefficient (Wildman–Crippen LogP) is 2.77. The molecule has 0 N–H and O–H groups in total. The van der Waals surface area contributed by atoms with Crippen LogP contribution in [0.5, 0.6) is 0 Å². The minimum absolute atomic E-state index is 0.294. The molecule has 23 heavy (non-hydrogen) atoms. The van der Waals surface area contributed by atoms with E-state index in [-0.39, 0.29) is 0 Å². The number of carbonyl (C=O) groups excluding carboxylic acids is 1. The van der Waals surface area contributed by atoms with Crippen LogP contribution in [-0.4, -0.2) is 61.6 Å². The number of likely N-dealkylation sites (tertiary alicyclic amines) is 1. The number of hydrogen-bond donors (Lipinski definition) is 0. The summed E-state index contributed by atoms with van der Waals surface area (Å²) in [5.41, 5.74) is 1.25. The molecule has 1 aromatic rings. The van der Waals surface area contributed by atoms with Crippen molar-refractivity contribution in [1.82, 2.24) is 9.80 Å². The summed E-state index contributed by atoms with van der Waals surface area (Å²) in [5.74, 6) is 0.722. The minimum Gasteiger partial charge on any atom is -0.379 e. The molecular formula is C18H25ClN2O2. The first-order valence-electron chi connectivity index (χ1n) is 8.56. The minimum atomic E-state index is 0.294. The fraction of sp³-hybridized carbons (Fsp3) is 0.611. The number of halogens is 1. The van der Waals surface area contributed by atoms with Gasteiger partial charge in [-0.15, -0.1) is 0 Å². The summed E-state index contributed by atoms with van der Waals surface area (Å²) in [6.45, 7) is 6.33. The molecule has 0 spiro atoms. The van der Waals surface area contributed by atoms with Crippen LogP contribution in [0.25, 0.3) is 0 Å². The Morgan fingerprint density at radius 2 is 2.09 bits per heavy atom. The molecular weight excluding hydrogens is 312 g/mol. The molecule has 2 saturated heterocycles. The maximum atomic E-state index is 12.4. The third kappa shape index (κ3) is 4.69. The second-order valence-corrected chi connectivity index (χ2v) is 6.87. The Bertz CT molecular complexity index is 532. The molecule has 1 aromatic carbocycles. The SMILES string of the molecule is O=C(CCCN1CCOCC1)N1CC[C@H](c2cccc(Cl)c2)C1. The molecule has 2 aliphatic heterocycles. The standard InChI is InChI=1S/C18H25ClN2O2/c19-17-4-1-3-15(13-17)16-6-8-21(14-16)18(22)5-2-7-20-9-11-23-12-10-20/h1,3-4,13,16H,2,5-12,14H2/t16-/m0/s1. The van der Waals surface area contributed by atoms with E-state index in [1.807, 2.05) is 23.1 Å². The Labute approximate surface area is 143 Å². The fourth-order valence-corrected chi connectivity index (χ4v) is 3.65. The largest absolute Gasteiger partial charge is 0.379 e. The Morgan fingerprint density at radius 1 is 1.26 bits per heavy atom. The van der Waals surface area contributed by atoms with E-state index in [0.29, 0.717) is 18.2 Å². The van der Waals surface area contributed by atoms with Crippen molar-refractivity contribution < 1.29 is 9.53 Å². The van der Waals surface area contributed by atoms with Crippen molar-refractivity contribution in [1.29, 1.82) is 0 Å². The zero-order chi connectivity index (χ0) is 16.1. The van der Waals surface area contributed by atoms with Crippen molar-refractivity contribution in [2.45, 2.75) is 25.2 Å². The molecule has 0 radical (unpaired) electrons. The van der Waals surface area contributed by atoms with E-state index in [1.165, 1.54) is 5.56 Å². The van der Waals surface area contributed by atoms with Crippen LogP contribution >= 0.6 is 11.6 Å². The van der Waals surface area contributed by atoms with Crippen LogP contribution in [0.4, 0.5) is 0 Å². The van der Waals surface area contributed by atoms with Crippen LogP contribution in [-0.2, 0) is 9.53 Å². The van der Waals surface area contributed by atoms with Gasteiger partial charge in [-0.25, -0.2) is 0 Å². The number of carbonyl (C=O) groups is 1. The number of morpholine rings is 1. The molecule has 2 fully saturated rings. The Hall–Kier alpha value is -1.10. The van der Waals surface area contributed by atoms with Gasteiger partial charge in [0.1, 0.15) is 0 Å². The average Bonchev–Trinajstić information content (AvgIpc) is 3.06. The molecule has 0 aliphatic carbocycles. The van der Waals surface area contributed by atoms with E-state index in [9.17, 15) is 4.79 Å². The molecule has 2 heterocycles. The van der Waals surface area contributed by atoms with Crippen LogP contribution in [0.1, 0.15) is 30.7 Å². The topological polar surface area (TPSA) is 32.8 Å². The fourth-order valence-electron chi connectivity index (χ4n) is 3.46. The van der Waals surface area contributed by atoms with Gasteiger partial charge in [-0.3, -0.25) is 9.69 Å². The lowest BCUT2D eigenvalue weighted by molar-refractivity contribution is -0.130. The van der Waals surface area contributed by atoms with Gasteiger partial charge in [0.15, 0.2) is 0 Å². The first kappa shape index (κ1) is 16.7. The monoisotopic (exact) mass is 336 g/mol. The number of benzene rings is 1. The van der Waals surface area contributed by atoms with E-state index in [4.69, 9.17) is 16.3 Å². The molecule has 2 aliphatic rings. The van der Waals surface area contributed by atoms with Gasteiger partial charge in [-0.2, -0.15) is 0 Å². The maximum absolute atomic E-state index is 12.4. The average molecular weight is 337 g/mol. The van der Waals surface area contributed by atoms with E-state index in [0.717, 1.165) is 63.8 Å². The van der Waals surface area contributed by atoms with Gasteiger partial charge < -0.3 is 9.64 Å². The second kappa shape index (κ2) is 8.13. The maximum Gasteiger partial charge on any atom is 0.222 e. The third-order valence-corrected chi connectivity index (χ3v) is 5.06. The number of amides is 1. The van der Waals surface area contributed by atoms with Crippen LogP contribution in [0.15, 0.2) is 24.3 Å². The van der Waals surface area contributed by atoms with Crippen LogP contribution in [0.2, 0.25) is 5.02 Å². The van der Waals surface area contributed by atoms with Crippen LogP contribution in [0.3, 0.4) is 0 Å². The molecule has 0 aromatic heterocycles. The third-order valence-electron chi connectivity index (χ3n) is 4.83. The lowest BCUT2D eigenvalue weighted by Gasteiger charge is -2.26. The number of nitrogens with zero attached hydrogens (tertiary/aromatic N) is 2. The van der Waals surface area contributed by atoms with Crippen molar-refractivity contribution >= 4 is 17.5 Å². The number of rotatable bonds is 5. The van der Waals surface area contributed by atoms with Crippen LogP contribution in [0, 0.1) is 0 Å². The normalized spacial score (nSPS) is 22.5. The summed E-state index contributed by atoms with van der Waals surface area (Å²) in [7, 11) is 0. The quantitative estimate of drug-likeness (QED) is 0.829. The van der Waals surface area contributed by atoms with E-state index < -0.39 is 0 Å². The summed E-state index contributed by atoms with van der Waals surface area (Å²) in [5, 5.41) is 0.776. The van der Waals surface area contributed by atoms with Crippen molar-refractivity contribution in [3.8, 4) is 0 Å². The van der Waals surface area contributed by atoms with E-state index in [2.05, 4.69) is 11.0 Å². The Morgan fingerprint density at radius 3 is 2.87 bits per heavy atom. The van der Waals surface area contributed by atoms with Crippen molar-refractivity contribution in [2.24, 2.45) is 0 Å². The second-order valence-electron chi connectivity index (χ2n) is 6.44. The highest BCUT2D eigenvalue weighted by Crippen LogP contribution is 2.29. The van der Waals surface area contributed by atoms with E-state index in [1.54, 1.807) is 0 Å². The summed E-state index contributed by atoms with van der Waals surface area (Å²) < 4.78 is 5.34. The molecule has 0 unspecified atom stereocenters.